The fraction of sp³-hybridized carbons (Fsp3) is 0.588. The lowest BCUT2D eigenvalue weighted by atomic mass is 9.73. The average molecular weight is 289 g/mol. The average Bonchev–Trinajstić information content (AvgIpc) is 2.45. The van der Waals surface area contributed by atoms with Gasteiger partial charge in [0.05, 0.1) is 6.42 Å². The van der Waals surface area contributed by atoms with Gasteiger partial charge in [-0.3, -0.25) is 4.79 Å². The second-order valence-electron chi connectivity index (χ2n) is 6.56. The minimum Gasteiger partial charge on any atom is -0.481 e. The Bertz CT molecular complexity index is 497. The molecule has 0 bridgehead atoms. The van der Waals surface area contributed by atoms with Gasteiger partial charge >= 0.3 is 5.97 Å². The van der Waals surface area contributed by atoms with Crippen molar-refractivity contribution in [1.29, 1.82) is 0 Å². The van der Waals surface area contributed by atoms with Crippen LogP contribution in [0, 0.1) is 5.41 Å². The van der Waals surface area contributed by atoms with Gasteiger partial charge in [-0.25, -0.2) is 0 Å². The first-order valence-corrected chi connectivity index (χ1v) is 7.72. The molecule has 4 nitrogen and oxygen atoms in total. The Hall–Kier alpha value is -1.55. The van der Waals surface area contributed by atoms with Crippen LogP contribution in [-0.4, -0.2) is 37.4 Å². The second-order valence-corrected chi connectivity index (χ2v) is 6.56. The van der Waals surface area contributed by atoms with Gasteiger partial charge in [-0.1, -0.05) is 19.1 Å². The maximum Gasteiger partial charge on any atom is 0.303 e. The third kappa shape index (κ3) is 3.05. The monoisotopic (exact) mass is 289 g/mol. The van der Waals surface area contributed by atoms with Crippen molar-refractivity contribution in [3.8, 4) is 0 Å². The van der Waals surface area contributed by atoms with Gasteiger partial charge in [-0.2, -0.15) is 0 Å². The van der Waals surface area contributed by atoms with E-state index in [-0.39, 0.29) is 12.3 Å². The number of aliphatic carboxylic acids is 1. The molecule has 2 heterocycles. The first kappa shape index (κ1) is 14.4. The molecule has 0 amide bonds. The molecule has 4 heteroatoms. The number of carboxylic acids is 1. The summed E-state index contributed by atoms with van der Waals surface area (Å²) < 4.78 is 5.45. The number of rotatable bonds is 4. The lowest BCUT2D eigenvalue weighted by molar-refractivity contribution is -0.137. The molecule has 0 aliphatic carbocycles. The summed E-state index contributed by atoms with van der Waals surface area (Å²) in [7, 11) is 0. The molecule has 2 aliphatic rings. The van der Waals surface area contributed by atoms with E-state index in [2.05, 4.69) is 29.2 Å². The lowest BCUT2D eigenvalue weighted by Gasteiger charge is -2.53. The SMILES string of the molecule is CC(CC(=O)O)c1ccc(N2CC3(CCOCC3)C2)cc1. The number of hydrogen-bond donors (Lipinski definition) is 1. The van der Waals surface area contributed by atoms with Crippen molar-refractivity contribution in [3.63, 3.8) is 0 Å². The Kier molecular flexibility index (Phi) is 3.89. The summed E-state index contributed by atoms with van der Waals surface area (Å²) in [5.74, 6) is -0.675. The zero-order valence-corrected chi connectivity index (χ0v) is 12.5. The summed E-state index contributed by atoms with van der Waals surface area (Å²) in [6.07, 6.45) is 2.54. The number of benzene rings is 1. The van der Waals surface area contributed by atoms with E-state index in [1.807, 2.05) is 6.92 Å². The van der Waals surface area contributed by atoms with Gasteiger partial charge in [-0.15, -0.1) is 0 Å². The van der Waals surface area contributed by atoms with Crippen molar-refractivity contribution >= 4 is 11.7 Å². The summed E-state index contributed by atoms with van der Waals surface area (Å²) >= 11 is 0. The van der Waals surface area contributed by atoms with Crippen LogP contribution in [0.3, 0.4) is 0 Å². The first-order chi connectivity index (χ1) is 10.1. The van der Waals surface area contributed by atoms with E-state index < -0.39 is 5.97 Å². The molecule has 114 valence electrons. The third-order valence-electron chi connectivity index (χ3n) is 4.91. The van der Waals surface area contributed by atoms with Crippen LogP contribution in [0.1, 0.15) is 37.7 Å². The summed E-state index contributed by atoms with van der Waals surface area (Å²) in [6.45, 7) is 6.02. The number of anilines is 1. The highest BCUT2D eigenvalue weighted by molar-refractivity contribution is 5.68. The molecule has 0 saturated carbocycles. The largest absolute Gasteiger partial charge is 0.481 e. The van der Waals surface area contributed by atoms with Gasteiger partial charge in [0.2, 0.25) is 0 Å². The van der Waals surface area contributed by atoms with E-state index in [1.165, 1.54) is 18.5 Å². The fourth-order valence-corrected chi connectivity index (χ4v) is 3.46. The van der Waals surface area contributed by atoms with Gasteiger partial charge < -0.3 is 14.7 Å². The minimum absolute atomic E-state index is 0.0646. The molecule has 1 spiro atoms. The summed E-state index contributed by atoms with van der Waals surface area (Å²) in [5, 5.41) is 8.86. The molecular weight excluding hydrogens is 266 g/mol. The Morgan fingerprint density at radius 2 is 1.90 bits per heavy atom. The molecule has 2 saturated heterocycles. The van der Waals surface area contributed by atoms with E-state index >= 15 is 0 Å². The zero-order valence-electron chi connectivity index (χ0n) is 12.5. The van der Waals surface area contributed by atoms with Crippen molar-refractivity contribution in [3.05, 3.63) is 29.8 Å². The molecule has 1 aromatic carbocycles. The first-order valence-electron chi connectivity index (χ1n) is 7.72. The number of carboxylic acid groups (broad SMARTS) is 1. The Labute approximate surface area is 125 Å². The molecule has 0 aromatic heterocycles. The Balaban J connectivity index is 1.59. The highest BCUT2D eigenvalue weighted by atomic mass is 16.5. The van der Waals surface area contributed by atoms with Crippen molar-refractivity contribution in [2.24, 2.45) is 5.41 Å². The van der Waals surface area contributed by atoms with E-state index in [4.69, 9.17) is 9.84 Å². The van der Waals surface area contributed by atoms with Crippen molar-refractivity contribution < 1.29 is 14.6 Å². The Morgan fingerprint density at radius 1 is 1.29 bits per heavy atom. The van der Waals surface area contributed by atoms with Crippen LogP contribution in [-0.2, 0) is 9.53 Å². The maximum atomic E-state index is 10.8. The third-order valence-corrected chi connectivity index (χ3v) is 4.91. The smallest absolute Gasteiger partial charge is 0.303 e. The topological polar surface area (TPSA) is 49.8 Å². The van der Waals surface area contributed by atoms with Crippen LogP contribution >= 0.6 is 0 Å². The quantitative estimate of drug-likeness (QED) is 0.926. The predicted octanol–water partition coefficient (Wildman–Crippen LogP) is 2.88. The zero-order chi connectivity index (χ0) is 14.9. The molecule has 1 atom stereocenters. The molecule has 1 unspecified atom stereocenters. The van der Waals surface area contributed by atoms with Crippen LogP contribution in [0.2, 0.25) is 0 Å². The van der Waals surface area contributed by atoms with Gasteiger partial charge in [-0.05, 0) is 36.5 Å². The molecular formula is C17H23NO3. The number of nitrogens with zero attached hydrogens (tertiary/aromatic N) is 1. The van der Waals surface area contributed by atoms with Crippen LogP contribution in [0.25, 0.3) is 0 Å². The summed E-state index contributed by atoms with van der Waals surface area (Å²) in [4.78, 5) is 13.2. The maximum absolute atomic E-state index is 10.8. The number of ether oxygens (including phenoxy) is 1. The van der Waals surface area contributed by atoms with Crippen molar-refractivity contribution in [2.75, 3.05) is 31.2 Å². The molecule has 2 fully saturated rings. The summed E-state index contributed by atoms with van der Waals surface area (Å²) in [5.41, 5.74) is 2.83. The Morgan fingerprint density at radius 3 is 2.48 bits per heavy atom. The van der Waals surface area contributed by atoms with Crippen LogP contribution in [0.15, 0.2) is 24.3 Å². The number of hydrogen-bond acceptors (Lipinski definition) is 3. The highest BCUT2D eigenvalue weighted by Crippen LogP contribution is 2.42. The van der Waals surface area contributed by atoms with Gasteiger partial charge in [0, 0.05) is 37.4 Å². The lowest BCUT2D eigenvalue weighted by Crippen LogP contribution is -2.58. The normalized spacial score (nSPS) is 21.9. The van der Waals surface area contributed by atoms with Crippen LogP contribution < -0.4 is 4.90 Å². The van der Waals surface area contributed by atoms with Gasteiger partial charge in [0.1, 0.15) is 0 Å². The van der Waals surface area contributed by atoms with E-state index in [0.717, 1.165) is 31.9 Å². The predicted molar refractivity (Wildman–Crippen MR) is 81.8 cm³/mol. The highest BCUT2D eigenvalue weighted by Gasteiger charge is 2.43. The van der Waals surface area contributed by atoms with Gasteiger partial charge in [0.15, 0.2) is 0 Å². The van der Waals surface area contributed by atoms with Gasteiger partial charge in [0.25, 0.3) is 0 Å². The molecule has 1 N–H and O–H groups in total. The molecule has 0 radical (unpaired) electrons. The molecule has 3 rings (SSSR count). The van der Waals surface area contributed by atoms with Crippen LogP contribution in [0.4, 0.5) is 5.69 Å². The van der Waals surface area contributed by atoms with Crippen molar-refractivity contribution in [2.45, 2.75) is 32.1 Å². The fourth-order valence-electron chi connectivity index (χ4n) is 3.46. The van der Waals surface area contributed by atoms with Crippen LogP contribution in [0.5, 0.6) is 0 Å². The molecule has 21 heavy (non-hydrogen) atoms. The minimum atomic E-state index is -0.740. The van der Waals surface area contributed by atoms with E-state index in [0.29, 0.717) is 5.41 Å². The molecule has 2 aliphatic heterocycles. The standard InChI is InChI=1S/C17H23NO3/c1-13(10-16(19)20)14-2-4-15(5-3-14)18-11-17(12-18)6-8-21-9-7-17/h2-5,13H,6-12H2,1H3,(H,19,20). The summed E-state index contributed by atoms with van der Waals surface area (Å²) in [6, 6.07) is 8.38. The second kappa shape index (κ2) is 5.68. The van der Waals surface area contributed by atoms with E-state index in [9.17, 15) is 4.79 Å². The van der Waals surface area contributed by atoms with Crippen molar-refractivity contribution in [1.82, 2.24) is 0 Å². The molecule has 1 aromatic rings. The number of carbonyl (C=O) groups is 1. The van der Waals surface area contributed by atoms with E-state index in [1.54, 1.807) is 0 Å².